The highest BCUT2D eigenvalue weighted by Gasteiger charge is 2.24. The number of nitrogens with one attached hydrogen (secondary N) is 1. The van der Waals surface area contributed by atoms with Gasteiger partial charge in [-0.1, -0.05) is 19.1 Å². The third-order valence-corrected chi connectivity index (χ3v) is 4.77. The number of pyridine rings is 1. The van der Waals surface area contributed by atoms with Gasteiger partial charge in [-0.25, -0.2) is 4.39 Å². The van der Waals surface area contributed by atoms with Crippen molar-refractivity contribution in [2.24, 2.45) is 0 Å². The van der Waals surface area contributed by atoms with Crippen LogP contribution < -0.4 is 10.2 Å². The highest BCUT2D eigenvalue weighted by molar-refractivity contribution is 5.95. The Labute approximate surface area is 153 Å². The van der Waals surface area contributed by atoms with Crippen LogP contribution in [0.25, 0.3) is 0 Å². The van der Waals surface area contributed by atoms with Crippen LogP contribution in [0.5, 0.6) is 0 Å². The number of carbonyl (C=O) groups is 1. The van der Waals surface area contributed by atoms with Gasteiger partial charge in [0.1, 0.15) is 5.82 Å². The topological polar surface area (TPSA) is 48.5 Å². The van der Waals surface area contributed by atoms with Crippen LogP contribution in [0.4, 0.5) is 15.8 Å². The summed E-state index contributed by atoms with van der Waals surface area (Å²) in [5.74, 6) is -0.251. The molecule has 0 saturated carbocycles. The molecule has 1 unspecified atom stereocenters. The maximum absolute atomic E-state index is 13.9. The summed E-state index contributed by atoms with van der Waals surface area (Å²) < 4.78 is 13.9. The molecule has 26 heavy (non-hydrogen) atoms. The highest BCUT2D eigenvalue weighted by Crippen LogP contribution is 2.21. The molecule has 1 aliphatic heterocycles. The zero-order chi connectivity index (χ0) is 18.5. The molecule has 138 valence electrons. The molecule has 1 aromatic heterocycles. The largest absolute Gasteiger partial charge is 0.381 e. The van der Waals surface area contributed by atoms with E-state index in [1.165, 1.54) is 6.07 Å². The van der Waals surface area contributed by atoms with Crippen molar-refractivity contribution in [1.29, 1.82) is 0 Å². The second kappa shape index (κ2) is 8.17. The molecule has 1 aliphatic rings. The summed E-state index contributed by atoms with van der Waals surface area (Å²) in [7, 11) is 0. The van der Waals surface area contributed by atoms with Gasteiger partial charge >= 0.3 is 0 Å². The number of anilines is 2. The molecule has 5 nitrogen and oxygen atoms in total. The smallest absolute Gasteiger partial charge is 0.255 e. The second-order valence-electron chi connectivity index (χ2n) is 6.65. The lowest BCUT2D eigenvalue weighted by atomic mass is 10.2. The molecule has 3 rings (SSSR count). The summed E-state index contributed by atoms with van der Waals surface area (Å²) in [5, 5.41) is 3.34. The molecule has 1 saturated heterocycles. The lowest BCUT2D eigenvalue weighted by molar-refractivity contribution is 0.0746. The zero-order valence-corrected chi connectivity index (χ0v) is 15.3. The lowest BCUT2D eigenvalue weighted by Gasteiger charge is -2.36. The number of piperazine rings is 1. The third-order valence-electron chi connectivity index (χ3n) is 4.77. The minimum atomic E-state index is -0.222. The molecule has 2 aromatic rings. The fraction of sp³-hybridized carbons (Fsp3) is 0.400. The number of halogens is 1. The Morgan fingerprint density at radius 1 is 1.23 bits per heavy atom. The molecule has 1 aromatic carbocycles. The zero-order valence-electron chi connectivity index (χ0n) is 15.3. The van der Waals surface area contributed by atoms with Crippen molar-refractivity contribution in [3.63, 3.8) is 0 Å². The summed E-state index contributed by atoms with van der Waals surface area (Å²) >= 11 is 0. The summed E-state index contributed by atoms with van der Waals surface area (Å²) in [6, 6.07) is 8.94. The number of benzene rings is 1. The van der Waals surface area contributed by atoms with E-state index in [0.29, 0.717) is 43.5 Å². The monoisotopic (exact) mass is 356 g/mol. The quantitative estimate of drug-likeness (QED) is 0.892. The van der Waals surface area contributed by atoms with Crippen molar-refractivity contribution in [2.45, 2.75) is 26.3 Å². The van der Waals surface area contributed by atoms with Crippen molar-refractivity contribution < 1.29 is 9.18 Å². The van der Waals surface area contributed by atoms with Crippen molar-refractivity contribution in [2.75, 3.05) is 36.4 Å². The minimum Gasteiger partial charge on any atom is -0.381 e. The average molecular weight is 356 g/mol. The van der Waals surface area contributed by atoms with Crippen molar-refractivity contribution in [1.82, 2.24) is 9.88 Å². The van der Waals surface area contributed by atoms with E-state index in [-0.39, 0.29) is 11.7 Å². The van der Waals surface area contributed by atoms with Gasteiger partial charge in [-0.05, 0) is 31.5 Å². The minimum absolute atomic E-state index is 0.0292. The number of hydrogen-bond acceptors (Lipinski definition) is 4. The number of hydrogen-bond donors (Lipinski definition) is 1. The van der Waals surface area contributed by atoms with Crippen LogP contribution in [-0.4, -0.2) is 48.0 Å². The Morgan fingerprint density at radius 3 is 2.65 bits per heavy atom. The van der Waals surface area contributed by atoms with Gasteiger partial charge in [0.25, 0.3) is 5.91 Å². The third kappa shape index (κ3) is 4.12. The average Bonchev–Trinajstić information content (AvgIpc) is 2.68. The Hall–Kier alpha value is -2.63. The normalized spacial score (nSPS) is 15.7. The first-order valence-corrected chi connectivity index (χ1v) is 9.09. The van der Waals surface area contributed by atoms with E-state index in [9.17, 15) is 9.18 Å². The number of aromatic nitrogens is 1. The number of amides is 1. The van der Waals surface area contributed by atoms with Crippen LogP contribution in [0.2, 0.25) is 0 Å². The van der Waals surface area contributed by atoms with Gasteiger partial charge in [0, 0.05) is 44.6 Å². The maximum atomic E-state index is 13.9. The molecule has 1 N–H and O–H groups in total. The predicted molar refractivity (Wildman–Crippen MR) is 102 cm³/mol. The number of carbonyl (C=O) groups excluding carboxylic acids is 1. The van der Waals surface area contributed by atoms with Gasteiger partial charge in [-0.3, -0.25) is 9.78 Å². The van der Waals surface area contributed by atoms with E-state index in [1.807, 2.05) is 17.0 Å². The summed E-state index contributed by atoms with van der Waals surface area (Å²) in [6.07, 6.45) is 4.34. The Morgan fingerprint density at radius 2 is 1.96 bits per heavy atom. The Balaban J connectivity index is 1.63. The molecule has 1 atom stereocenters. The van der Waals surface area contributed by atoms with E-state index in [4.69, 9.17) is 0 Å². The molecular formula is C20H25FN4O. The molecule has 1 fully saturated rings. The van der Waals surface area contributed by atoms with Gasteiger partial charge < -0.3 is 15.1 Å². The van der Waals surface area contributed by atoms with E-state index in [1.54, 1.807) is 29.4 Å². The Bertz CT molecular complexity index is 759. The summed E-state index contributed by atoms with van der Waals surface area (Å²) in [6.45, 7) is 6.56. The molecule has 0 aliphatic carbocycles. The summed E-state index contributed by atoms with van der Waals surface area (Å²) in [5.41, 5.74) is 2.04. The SMILES string of the molecule is CCC(C)Nc1cncc(C(=O)N2CCN(c3ccccc3F)CC2)c1. The van der Waals surface area contributed by atoms with Crippen molar-refractivity contribution in [3.8, 4) is 0 Å². The van der Waals surface area contributed by atoms with Crippen LogP contribution in [0, 0.1) is 5.82 Å². The van der Waals surface area contributed by atoms with Crippen LogP contribution in [0.1, 0.15) is 30.6 Å². The van der Waals surface area contributed by atoms with E-state index >= 15 is 0 Å². The first-order chi connectivity index (χ1) is 12.6. The van der Waals surface area contributed by atoms with Gasteiger partial charge in [0.05, 0.1) is 16.9 Å². The Kier molecular flexibility index (Phi) is 5.71. The number of rotatable bonds is 5. The molecule has 2 heterocycles. The molecule has 0 bridgehead atoms. The van der Waals surface area contributed by atoms with Crippen molar-refractivity contribution in [3.05, 3.63) is 54.1 Å². The fourth-order valence-electron chi connectivity index (χ4n) is 3.06. The van der Waals surface area contributed by atoms with Gasteiger partial charge in [0.15, 0.2) is 0 Å². The van der Waals surface area contributed by atoms with Gasteiger partial charge in [-0.15, -0.1) is 0 Å². The van der Waals surface area contributed by atoms with Gasteiger partial charge in [-0.2, -0.15) is 0 Å². The molecular weight excluding hydrogens is 331 g/mol. The lowest BCUT2D eigenvalue weighted by Crippen LogP contribution is -2.49. The molecule has 6 heteroatoms. The molecule has 0 radical (unpaired) electrons. The van der Waals surface area contributed by atoms with E-state index in [0.717, 1.165) is 12.1 Å². The van der Waals surface area contributed by atoms with Crippen LogP contribution in [0.3, 0.4) is 0 Å². The first-order valence-electron chi connectivity index (χ1n) is 9.09. The number of nitrogens with zero attached hydrogens (tertiary/aromatic N) is 3. The molecule has 1 amide bonds. The highest BCUT2D eigenvalue weighted by atomic mass is 19.1. The standard InChI is InChI=1S/C20H25FN4O/c1-3-15(2)23-17-12-16(13-22-14-17)20(26)25-10-8-24(9-11-25)19-7-5-4-6-18(19)21/h4-7,12-15,23H,3,8-11H2,1-2H3. The van der Waals surface area contributed by atoms with Crippen LogP contribution >= 0.6 is 0 Å². The van der Waals surface area contributed by atoms with E-state index in [2.05, 4.69) is 24.1 Å². The fourth-order valence-corrected chi connectivity index (χ4v) is 3.06. The summed E-state index contributed by atoms with van der Waals surface area (Å²) in [4.78, 5) is 20.8. The first kappa shape index (κ1) is 18.2. The van der Waals surface area contributed by atoms with Crippen molar-refractivity contribution >= 4 is 17.3 Å². The van der Waals surface area contributed by atoms with E-state index < -0.39 is 0 Å². The second-order valence-corrected chi connectivity index (χ2v) is 6.65. The molecule has 0 spiro atoms. The number of para-hydroxylation sites is 1. The maximum Gasteiger partial charge on any atom is 0.255 e. The van der Waals surface area contributed by atoms with Gasteiger partial charge in [0.2, 0.25) is 0 Å². The predicted octanol–water partition coefficient (Wildman–Crippen LogP) is 3.39. The van der Waals surface area contributed by atoms with Crippen LogP contribution in [-0.2, 0) is 0 Å². The van der Waals surface area contributed by atoms with Crippen LogP contribution in [0.15, 0.2) is 42.7 Å².